The van der Waals surface area contributed by atoms with Gasteiger partial charge in [0.1, 0.15) is 0 Å². The Bertz CT molecular complexity index is 896. The van der Waals surface area contributed by atoms with Crippen LogP contribution < -0.4 is 11.1 Å². The van der Waals surface area contributed by atoms with Crippen molar-refractivity contribution < 1.29 is 9.90 Å². The van der Waals surface area contributed by atoms with Crippen LogP contribution in [0.2, 0.25) is 0 Å². The topological polar surface area (TPSA) is 101 Å². The van der Waals surface area contributed by atoms with E-state index in [0.717, 1.165) is 11.1 Å². The van der Waals surface area contributed by atoms with Gasteiger partial charge < -0.3 is 16.2 Å². The fourth-order valence-electron chi connectivity index (χ4n) is 2.43. The lowest BCUT2D eigenvalue weighted by Crippen LogP contribution is -2.26. The molecule has 1 heterocycles. The lowest BCUT2D eigenvalue weighted by molar-refractivity contribution is 0.0945. The number of aromatic nitrogens is 2. The fraction of sp³-hybridized carbons (Fsp3) is 0.105. The molecule has 126 valence electrons. The summed E-state index contributed by atoms with van der Waals surface area (Å²) in [5.41, 5.74) is 10.0. The number of anilines is 1. The Hall–Kier alpha value is -3.25. The summed E-state index contributed by atoms with van der Waals surface area (Å²) in [6.45, 7) is 0.118. The zero-order valence-corrected chi connectivity index (χ0v) is 13.5. The Morgan fingerprint density at radius 2 is 1.72 bits per heavy atom. The molecule has 0 unspecified atom stereocenters. The Labute approximate surface area is 145 Å². The number of carbonyl (C=O) groups excluding carboxylic acids is 1. The summed E-state index contributed by atoms with van der Waals surface area (Å²) in [6.07, 6.45) is 3.33. The maximum Gasteiger partial charge on any atom is 0.251 e. The lowest BCUT2D eigenvalue weighted by Gasteiger charge is -2.07. The molecule has 3 rings (SSSR count). The number of benzene rings is 2. The molecule has 0 saturated heterocycles. The summed E-state index contributed by atoms with van der Waals surface area (Å²) >= 11 is 0. The van der Waals surface area contributed by atoms with Crippen LogP contribution in [-0.2, 0) is 0 Å². The molecular formula is C19H18N4O2. The summed E-state index contributed by atoms with van der Waals surface area (Å²) in [6, 6.07) is 14.6. The number of rotatable bonds is 5. The summed E-state index contributed by atoms with van der Waals surface area (Å²) in [5.74, 6) is -0.240. The van der Waals surface area contributed by atoms with Crippen LogP contribution in [0, 0.1) is 0 Å². The Kier molecular flexibility index (Phi) is 5.01. The van der Waals surface area contributed by atoms with Crippen LogP contribution in [0.15, 0.2) is 60.9 Å². The van der Waals surface area contributed by atoms with Gasteiger partial charge >= 0.3 is 0 Å². The predicted molar refractivity (Wildman–Crippen MR) is 96.7 cm³/mol. The molecule has 0 aliphatic heterocycles. The molecule has 2 aromatic carbocycles. The van der Waals surface area contributed by atoms with Gasteiger partial charge in [-0.05, 0) is 24.3 Å². The van der Waals surface area contributed by atoms with Crippen molar-refractivity contribution in [3.63, 3.8) is 0 Å². The van der Waals surface area contributed by atoms with Gasteiger partial charge in [0, 0.05) is 28.9 Å². The fourth-order valence-corrected chi connectivity index (χ4v) is 2.43. The Morgan fingerprint density at radius 1 is 1.04 bits per heavy atom. The number of aliphatic hydroxyl groups is 1. The van der Waals surface area contributed by atoms with Crippen molar-refractivity contribution in [3.8, 4) is 22.5 Å². The second kappa shape index (κ2) is 7.55. The molecule has 0 bridgehead atoms. The van der Waals surface area contributed by atoms with Crippen molar-refractivity contribution >= 4 is 11.6 Å². The minimum Gasteiger partial charge on any atom is -0.399 e. The number of nitrogens with two attached hydrogens (primary N) is 1. The third-order valence-electron chi connectivity index (χ3n) is 3.63. The number of amides is 1. The van der Waals surface area contributed by atoms with E-state index in [0.29, 0.717) is 22.6 Å². The molecule has 0 saturated carbocycles. The smallest absolute Gasteiger partial charge is 0.251 e. The molecule has 0 aliphatic rings. The van der Waals surface area contributed by atoms with Gasteiger partial charge in [-0.25, -0.2) is 4.98 Å². The van der Waals surface area contributed by atoms with E-state index in [9.17, 15) is 4.79 Å². The maximum absolute atomic E-state index is 12.0. The molecule has 6 nitrogen and oxygen atoms in total. The first kappa shape index (κ1) is 16.6. The molecule has 0 radical (unpaired) electrons. The minimum atomic E-state index is -0.240. The highest BCUT2D eigenvalue weighted by molar-refractivity contribution is 5.95. The quantitative estimate of drug-likeness (QED) is 0.620. The van der Waals surface area contributed by atoms with Gasteiger partial charge in [-0.3, -0.25) is 9.78 Å². The van der Waals surface area contributed by atoms with Crippen molar-refractivity contribution in [3.05, 3.63) is 66.5 Å². The van der Waals surface area contributed by atoms with Crippen molar-refractivity contribution in [2.75, 3.05) is 18.9 Å². The van der Waals surface area contributed by atoms with E-state index in [1.807, 2.05) is 30.3 Å². The highest BCUT2D eigenvalue weighted by Crippen LogP contribution is 2.23. The van der Waals surface area contributed by atoms with E-state index in [4.69, 9.17) is 10.8 Å². The summed E-state index contributed by atoms with van der Waals surface area (Å²) in [7, 11) is 0. The van der Waals surface area contributed by atoms with Gasteiger partial charge in [0.05, 0.1) is 30.4 Å². The van der Waals surface area contributed by atoms with Crippen LogP contribution in [-0.4, -0.2) is 34.1 Å². The van der Waals surface area contributed by atoms with Crippen LogP contribution >= 0.6 is 0 Å². The van der Waals surface area contributed by atoms with Crippen molar-refractivity contribution in [1.29, 1.82) is 0 Å². The molecule has 1 aromatic heterocycles. The molecule has 0 atom stereocenters. The van der Waals surface area contributed by atoms with Crippen LogP contribution in [0.5, 0.6) is 0 Å². The number of aliphatic hydroxyl groups excluding tert-OH is 1. The average Bonchev–Trinajstić information content (AvgIpc) is 2.66. The monoisotopic (exact) mass is 334 g/mol. The lowest BCUT2D eigenvalue weighted by atomic mass is 10.1. The van der Waals surface area contributed by atoms with Gasteiger partial charge in [-0.1, -0.05) is 24.3 Å². The molecule has 0 aliphatic carbocycles. The van der Waals surface area contributed by atoms with E-state index < -0.39 is 0 Å². The van der Waals surface area contributed by atoms with Crippen LogP contribution in [0.1, 0.15) is 10.4 Å². The van der Waals surface area contributed by atoms with Gasteiger partial charge in [0.15, 0.2) is 0 Å². The van der Waals surface area contributed by atoms with Gasteiger partial charge in [0.25, 0.3) is 5.91 Å². The number of carbonyl (C=O) groups is 1. The zero-order chi connectivity index (χ0) is 17.6. The zero-order valence-electron chi connectivity index (χ0n) is 13.5. The molecule has 0 fully saturated rings. The average molecular weight is 334 g/mol. The summed E-state index contributed by atoms with van der Waals surface area (Å²) < 4.78 is 0. The molecule has 0 spiro atoms. The molecule has 6 heteroatoms. The normalized spacial score (nSPS) is 10.4. The largest absolute Gasteiger partial charge is 0.399 e. The SMILES string of the molecule is Nc1cccc(-c2cncc(-c3cccc(C(=O)NCCO)c3)n2)c1. The number of nitrogens with zero attached hydrogens (tertiary/aromatic N) is 2. The van der Waals surface area contributed by atoms with E-state index >= 15 is 0 Å². The molecule has 1 amide bonds. The van der Waals surface area contributed by atoms with Gasteiger partial charge in [0.2, 0.25) is 0 Å². The number of hydrogen-bond acceptors (Lipinski definition) is 5. The summed E-state index contributed by atoms with van der Waals surface area (Å²) in [5, 5.41) is 11.4. The van der Waals surface area contributed by atoms with E-state index in [1.165, 1.54) is 0 Å². The highest BCUT2D eigenvalue weighted by atomic mass is 16.3. The van der Waals surface area contributed by atoms with Crippen LogP contribution in [0.25, 0.3) is 22.5 Å². The first-order valence-electron chi connectivity index (χ1n) is 7.85. The van der Waals surface area contributed by atoms with Crippen LogP contribution in [0.3, 0.4) is 0 Å². The third-order valence-corrected chi connectivity index (χ3v) is 3.63. The van der Waals surface area contributed by atoms with Crippen molar-refractivity contribution in [2.24, 2.45) is 0 Å². The highest BCUT2D eigenvalue weighted by Gasteiger charge is 2.09. The van der Waals surface area contributed by atoms with Crippen LogP contribution in [0.4, 0.5) is 5.69 Å². The molecule has 3 aromatic rings. The molecule has 25 heavy (non-hydrogen) atoms. The van der Waals surface area contributed by atoms with E-state index in [-0.39, 0.29) is 19.1 Å². The Balaban J connectivity index is 1.92. The first-order valence-corrected chi connectivity index (χ1v) is 7.85. The Morgan fingerprint density at radius 3 is 2.40 bits per heavy atom. The van der Waals surface area contributed by atoms with Gasteiger partial charge in [-0.2, -0.15) is 0 Å². The standard InChI is InChI=1S/C19H18N4O2/c20-16-6-2-4-14(10-16)18-12-21-11-17(23-18)13-3-1-5-15(9-13)19(25)22-7-8-24/h1-6,9-12,24H,7-8,20H2,(H,22,25). The minimum absolute atomic E-state index is 0.0981. The maximum atomic E-state index is 12.0. The third kappa shape index (κ3) is 3.99. The number of nitrogens with one attached hydrogen (secondary N) is 1. The molecule has 4 N–H and O–H groups in total. The first-order chi connectivity index (χ1) is 12.2. The number of nitrogen functional groups attached to an aromatic ring is 1. The predicted octanol–water partition coefficient (Wildman–Crippen LogP) is 2.11. The molecular weight excluding hydrogens is 316 g/mol. The van der Waals surface area contributed by atoms with Crippen molar-refractivity contribution in [2.45, 2.75) is 0 Å². The second-order valence-corrected chi connectivity index (χ2v) is 5.48. The number of hydrogen-bond donors (Lipinski definition) is 3. The van der Waals surface area contributed by atoms with Crippen molar-refractivity contribution in [1.82, 2.24) is 15.3 Å². The van der Waals surface area contributed by atoms with E-state index in [1.54, 1.807) is 30.6 Å². The second-order valence-electron chi connectivity index (χ2n) is 5.48. The summed E-state index contributed by atoms with van der Waals surface area (Å²) in [4.78, 5) is 20.9. The van der Waals surface area contributed by atoms with Gasteiger partial charge in [-0.15, -0.1) is 0 Å². The van der Waals surface area contributed by atoms with E-state index in [2.05, 4.69) is 15.3 Å².